The summed E-state index contributed by atoms with van der Waals surface area (Å²) in [6, 6.07) is 3.65. The van der Waals surface area contributed by atoms with Crippen molar-refractivity contribution in [2.45, 2.75) is 6.54 Å². The Morgan fingerprint density at radius 1 is 1.25 bits per heavy atom. The van der Waals surface area contributed by atoms with E-state index in [4.69, 9.17) is 14.6 Å². The molecule has 0 fully saturated rings. The maximum absolute atomic E-state index is 10.7. The molecule has 0 aromatic carbocycles. The van der Waals surface area contributed by atoms with Gasteiger partial charge in [0.1, 0.15) is 0 Å². The van der Waals surface area contributed by atoms with E-state index in [9.17, 15) is 9.59 Å². The Hall–Kier alpha value is -2.26. The van der Waals surface area contributed by atoms with E-state index in [-0.39, 0.29) is 12.4 Å². The summed E-state index contributed by atoms with van der Waals surface area (Å²) < 4.78 is 5.38. The molecule has 20 heavy (non-hydrogen) atoms. The van der Waals surface area contributed by atoms with Gasteiger partial charge in [-0.3, -0.25) is 14.5 Å². The SMILES string of the molecule is O=C(O)CN(CC(=O)O)Cc1nnc(-c2cccs2)o1. The molecule has 2 N–H and O–H groups in total. The summed E-state index contributed by atoms with van der Waals surface area (Å²) in [7, 11) is 0. The van der Waals surface area contributed by atoms with Crippen molar-refractivity contribution in [2.24, 2.45) is 0 Å². The molecule has 2 heterocycles. The molecule has 2 aromatic heterocycles. The smallest absolute Gasteiger partial charge is 0.317 e. The van der Waals surface area contributed by atoms with Crippen LogP contribution in [0.25, 0.3) is 10.8 Å². The number of aliphatic carboxylic acids is 2. The third-order valence-corrected chi connectivity index (χ3v) is 3.13. The first-order chi connectivity index (χ1) is 9.54. The summed E-state index contributed by atoms with van der Waals surface area (Å²) >= 11 is 1.43. The summed E-state index contributed by atoms with van der Waals surface area (Å²) in [5.74, 6) is -1.73. The van der Waals surface area contributed by atoms with Gasteiger partial charge in [0.2, 0.25) is 5.89 Å². The van der Waals surface area contributed by atoms with Crippen LogP contribution in [0.4, 0.5) is 0 Å². The quantitative estimate of drug-likeness (QED) is 0.769. The highest BCUT2D eigenvalue weighted by atomic mass is 32.1. The first kappa shape index (κ1) is 14.2. The molecule has 8 nitrogen and oxygen atoms in total. The minimum Gasteiger partial charge on any atom is -0.480 e. The standard InChI is InChI=1S/C11H11N3O5S/c15-9(16)5-14(6-10(17)18)4-8-12-13-11(19-8)7-2-1-3-20-7/h1-3H,4-6H2,(H,15,16)(H,17,18). The van der Waals surface area contributed by atoms with Crippen LogP contribution in [-0.4, -0.2) is 50.3 Å². The number of carbonyl (C=O) groups is 2. The molecule has 9 heteroatoms. The average Bonchev–Trinajstić information content (AvgIpc) is 2.95. The minimum absolute atomic E-state index is 0.0308. The van der Waals surface area contributed by atoms with Gasteiger partial charge in [-0.25, -0.2) is 0 Å². The van der Waals surface area contributed by atoms with Gasteiger partial charge in [0.15, 0.2) is 0 Å². The van der Waals surface area contributed by atoms with Gasteiger partial charge in [0.25, 0.3) is 5.89 Å². The fourth-order valence-corrected chi connectivity index (χ4v) is 2.20. The van der Waals surface area contributed by atoms with Crippen molar-refractivity contribution in [3.05, 3.63) is 23.4 Å². The molecule has 2 aromatic rings. The molecule has 0 saturated carbocycles. The molecule has 0 aliphatic carbocycles. The van der Waals surface area contributed by atoms with Crippen molar-refractivity contribution in [2.75, 3.05) is 13.1 Å². The first-order valence-corrected chi connectivity index (χ1v) is 6.45. The second-order valence-corrected chi connectivity index (χ2v) is 4.86. The Kier molecular flexibility index (Phi) is 4.43. The largest absolute Gasteiger partial charge is 0.480 e. The maximum Gasteiger partial charge on any atom is 0.317 e. The van der Waals surface area contributed by atoms with Crippen LogP contribution >= 0.6 is 11.3 Å². The van der Waals surface area contributed by atoms with Crippen LogP contribution in [0.3, 0.4) is 0 Å². The number of nitrogens with zero attached hydrogens (tertiary/aromatic N) is 3. The lowest BCUT2D eigenvalue weighted by Gasteiger charge is -2.14. The highest BCUT2D eigenvalue weighted by Crippen LogP contribution is 2.23. The van der Waals surface area contributed by atoms with Crippen LogP contribution < -0.4 is 0 Å². The summed E-state index contributed by atoms with van der Waals surface area (Å²) in [6.45, 7) is -0.858. The van der Waals surface area contributed by atoms with Gasteiger partial charge in [0, 0.05) is 0 Å². The van der Waals surface area contributed by atoms with E-state index in [1.807, 2.05) is 17.5 Å². The normalized spacial score (nSPS) is 10.8. The second-order valence-electron chi connectivity index (χ2n) is 3.91. The molecule has 0 unspecified atom stereocenters. The molecule has 0 radical (unpaired) electrons. The van der Waals surface area contributed by atoms with Crippen molar-refractivity contribution in [1.82, 2.24) is 15.1 Å². The van der Waals surface area contributed by atoms with Crippen molar-refractivity contribution < 1.29 is 24.2 Å². The van der Waals surface area contributed by atoms with E-state index in [0.29, 0.717) is 5.89 Å². The van der Waals surface area contributed by atoms with Crippen molar-refractivity contribution in [3.63, 3.8) is 0 Å². The molecule has 0 atom stereocenters. The zero-order valence-electron chi connectivity index (χ0n) is 10.2. The fourth-order valence-electron chi connectivity index (χ4n) is 1.56. The Balaban J connectivity index is 2.06. The number of hydrogen-bond donors (Lipinski definition) is 2. The third kappa shape index (κ3) is 3.87. The third-order valence-electron chi connectivity index (χ3n) is 2.28. The molecular formula is C11H11N3O5S. The zero-order chi connectivity index (χ0) is 14.5. The van der Waals surface area contributed by atoms with Gasteiger partial charge in [-0.05, 0) is 11.4 Å². The van der Waals surface area contributed by atoms with Gasteiger partial charge in [-0.2, -0.15) is 0 Å². The van der Waals surface area contributed by atoms with Gasteiger partial charge < -0.3 is 14.6 Å². The molecule has 2 rings (SSSR count). The first-order valence-electron chi connectivity index (χ1n) is 5.57. The summed E-state index contributed by atoms with van der Waals surface area (Å²) in [6.07, 6.45) is 0. The molecular weight excluding hydrogens is 286 g/mol. The van der Waals surface area contributed by atoms with Crippen LogP contribution in [0.2, 0.25) is 0 Å². The summed E-state index contributed by atoms with van der Waals surface area (Å²) in [5.41, 5.74) is 0. The summed E-state index contributed by atoms with van der Waals surface area (Å²) in [5, 5.41) is 27.0. The number of aromatic nitrogens is 2. The van der Waals surface area contributed by atoms with Crippen LogP contribution in [0.1, 0.15) is 5.89 Å². The van der Waals surface area contributed by atoms with E-state index in [0.717, 1.165) is 4.88 Å². The van der Waals surface area contributed by atoms with E-state index in [1.54, 1.807) is 0 Å². The van der Waals surface area contributed by atoms with Crippen LogP contribution in [-0.2, 0) is 16.1 Å². The van der Waals surface area contributed by atoms with Gasteiger partial charge in [-0.15, -0.1) is 21.5 Å². The monoisotopic (exact) mass is 297 g/mol. The molecule has 0 aliphatic rings. The lowest BCUT2D eigenvalue weighted by Crippen LogP contribution is -2.34. The highest BCUT2D eigenvalue weighted by Gasteiger charge is 2.17. The fraction of sp³-hybridized carbons (Fsp3) is 0.273. The lowest BCUT2D eigenvalue weighted by atomic mass is 10.4. The number of rotatable bonds is 7. The van der Waals surface area contributed by atoms with Crippen molar-refractivity contribution >= 4 is 23.3 Å². The van der Waals surface area contributed by atoms with Crippen LogP contribution in [0.15, 0.2) is 21.9 Å². The number of carboxylic acids is 2. The average molecular weight is 297 g/mol. The molecule has 0 spiro atoms. The van der Waals surface area contributed by atoms with E-state index < -0.39 is 25.0 Å². The second kappa shape index (κ2) is 6.26. The van der Waals surface area contributed by atoms with Crippen molar-refractivity contribution in [1.29, 1.82) is 0 Å². The van der Waals surface area contributed by atoms with E-state index in [2.05, 4.69) is 10.2 Å². The Labute approximate surface area is 117 Å². The summed E-state index contributed by atoms with van der Waals surface area (Å²) in [4.78, 5) is 23.3. The lowest BCUT2D eigenvalue weighted by molar-refractivity contribution is -0.142. The number of carboxylic acid groups (broad SMARTS) is 2. The Morgan fingerprint density at radius 3 is 2.50 bits per heavy atom. The Morgan fingerprint density at radius 2 is 1.95 bits per heavy atom. The molecule has 0 saturated heterocycles. The van der Waals surface area contributed by atoms with Gasteiger partial charge >= 0.3 is 11.9 Å². The van der Waals surface area contributed by atoms with E-state index >= 15 is 0 Å². The predicted molar refractivity (Wildman–Crippen MR) is 68.2 cm³/mol. The topological polar surface area (TPSA) is 117 Å². The van der Waals surface area contributed by atoms with Gasteiger partial charge in [0.05, 0.1) is 24.5 Å². The Bertz CT molecular complexity index is 579. The molecule has 0 amide bonds. The zero-order valence-corrected chi connectivity index (χ0v) is 11.0. The minimum atomic E-state index is -1.12. The van der Waals surface area contributed by atoms with Crippen LogP contribution in [0.5, 0.6) is 0 Å². The van der Waals surface area contributed by atoms with Gasteiger partial charge in [-0.1, -0.05) is 6.07 Å². The van der Waals surface area contributed by atoms with Crippen molar-refractivity contribution in [3.8, 4) is 10.8 Å². The number of hydrogen-bond acceptors (Lipinski definition) is 7. The maximum atomic E-state index is 10.7. The molecule has 0 aliphatic heterocycles. The molecule has 106 valence electrons. The molecule has 0 bridgehead atoms. The highest BCUT2D eigenvalue weighted by molar-refractivity contribution is 7.13. The van der Waals surface area contributed by atoms with E-state index in [1.165, 1.54) is 16.2 Å². The predicted octanol–water partition coefficient (Wildman–Crippen LogP) is 0.769. The number of thiophene rings is 1. The van der Waals surface area contributed by atoms with Crippen LogP contribution in [0, 0.1) is 0 Å².